The zero-order valence-electron chi connectivity index (χ0n) is 16.3. The van der Waals surface area contributed by atoms with Crippen LogP contribution in [0.3, 0.4) is 0 Å². The monoisotopic (exact) mass is 377 g/mol. The lowest BCUT2D eigenvalue weighted by atomic mass is 9.97. The van der Waals surface area contributed by atoms with Crippen LogP contribution in [-0.4, -0.2) is 31.1 Å². The number of hydrogen-bond donors (Lipinski definition) is 0. The standard InChI is InChI=1S/C23H23NO4/c1-4-15-6-8-16(9-7-15)20-19-21(25)17-13-14(2)5-10-18(17)28-22(19)23(26)24(20)11-12-27-3/h5-10,13,20H,4,11-12H2,1-3H3/t20-/m1/s1. The molecule has 4 rings (SSSR count). The SMILES string of the molecule is CCc1ccc([C@@H]2c3c(oc4ccc(C)cc4c3=O)C(=O)N2CCOC)cc1. The first-order valence-electron chi connectivity index (χ1n) is 9.51. The van der Waals surface area contributed by atoms with E-state index in [0.717, 1.165) is 17.5 Å². The van der Waals surface area contributed by atoms with E-state index >= 15 is 0 Å². The average Bonchev–Trinajstić information content (AvgIpc) is 2.99. The zero-order chi connectivity index (χ0) is 19.8. The van der Waals surface area contributed by atoms with Crippen LogP contribution in [-0.2, 0) is 11.2 Å². The zero-order valence-corrected chi connectivity index (χ0v) is 16.3. The second kappa shape index (κ2) is 7.24. The first kappa shape index (κ1) is 18.4. The Morgan fingerprint density at radius 3 is 2.54 bits per heavy atom. The minimum Gasteiger partial charge on any atom is -0.450 e. The molecule has 0 spiro atoms. The Morgan fingerprint density at radius 1 is 1.11 bits per heavy atom. The normalized spacial score (nSPS) is 16.0. The van der Waals surface area contributed by atoms with Gasteiger partial charge in [-0.05, 0) is 36.6 Å². The van der Waals surface area contributed by atoms with Crippen LogP contribution in [0.1, 0.15) is 45.8 Å². The van der Waals surface area contributed by atoms with Crippen LogP contribution >= 0.6 is 0 Å². The fourth-order valence-electron chi connectivity index (χ4n) is 3.84. The van der Waals surface area contributed by atoms with Crippen LogP contribution in [0.4, 0.5) is 0 Å². The van der Waals surface area contributed by atoms with Gasteiger partial charge in [0.15, 0.2) is 5.43 Å². The summed E-state index contributed by atoms with van der Waals surface area (Å²) in [7, 11) is 1.60. The number of methoxy groups -OCH3 is 1. The Balaban J connectivity index is 1.94. The van der Waals surface area contributed by atoms with Crippen molar-refractivity contribution >= 4 is 16.9 Å². The third-order valence-electron chi connectivity index (χ3n) is 5.36. The average molecular weight is 377 g/mol. The highest BCUT2D eigenvalue weighted by atomic mass is 16.5. The van der Waals surface area contributed by atoms with Gasteiger partial charge in [-0.1, -0.05) is 42.8 Å². The van der Waals surface area contributed by atoms with E-state index in [1.807, 2.05) is 43.3 Å². The van der Waals surface area contributed by atoms with Crippen LogP contribution in [0.2, 0.25) is 0 Å². The van der Waals surface area contributed by atoms with Gasteiger partial charge < -0.3 is 14.1 Å². The molecule has 1 atom stereocenters. The highest BCUT2D eigenvalue weighted by Crippen LogP contribution is 2.38. The largest absolute Gasteiger partial charge is 0.450 e. The molecule has 28 heavy (non-hydrogen) atoms. The van der Waals surface area contributed by atoms with Gasteiger partial charge in [0.05, 0.1) is 23.6 Å². The molecular weight excluding hydrogens is 354 g/mol. The molecule has 2 aromatic carbocycles. The molecule has 0 bridgehead atoms. The summed E-state index contributed by atoms with van der Waals surface area (Å²) in [5.41, 5.74) is 3.80. The lowest BCUT2D eigenvalue weighted by Crippen LogP contribution is -2.32. The highest BCUT2D eigenvalue weighted by molar-refractivity contribution is 5.99. The molecule has 0 aliphatic carbocycles. The van der Waals surface area contributed by atoms with Crippen LogP contribution in [0.5, 0.6) is 0 Å². The lowest BCUT2D eigenvalue weighted by molar-refractivity contribution is 0.0663. The van der Waals surface area contributed by atoms with E-state index in [1.54, 1.807) is 18.1 Å². The minimum atomic E-state index is -0.468. The molecule has 144 valence electrons. The molecule has 0 unspecified atom stereocenters. The number of benzene rings is 2. The fraction of sp³-hybridized carbons (Fsp3) is 0.304. The number of ether oxygens (including phenoxy) is 1. The maximum atomic E-state index is 13.4. The lowest BCUT2D eigenvalue weighted by Gasteiger charge is -2.25. The molecule has 0 fully saturated rings. The van der Waals surface area contributed by atoms with Crippen LogP contribution in [0.25, 0.3) is 11.0 Å². The number of rotatable bonds is 5. The Labute approximate surface area is 163 Å². The van der Waals surface area contributed by atoms with Gasteiger partial charge >= 0.3 is 0 Å². The third-order valence-corrected chi connectivity index (χ3v) is 5.36. The number of carbonyl (C=O) groups excluding carboxylic acids is 1. The number of amides is 1. The van der Waals surface area contributed by atoms with Crippen molar-refractivity contribution in [1.29, 1.82) is 0 Å². The maximum Gasteiger partial charge on any atom is 0.290 e. The highest BCUT2D eigenvalue weighted by Gasteiger charge is 2.42. The molecule has 0 saturated heterocycles. The van der Waals surface area contributed by atoms with E-state index in [-0.39, 0.29) is 17.1 Å². The topological polar surface area (TPSA) is 59.8 Å². The van der Waals surface area contributed by atoms with Crippen LogP contribution < -0.4 is 5.43 Å². The van der Waals surface area contributed by atoms with E-state index in [0.29, 0.717) is 29.7 Å². The number of aryl methyl sites for hydroxylation is 2. The molecule has 1 aliphatic heterocycles. The van der Waals surface area contributed by atoms with Gasteiger partial charge in [-0.2, -0.15) is 0 Å². The van der Waals surface area contributed by atoms with Crippen molar-refractivity contribution in [2.45, 2.75) is 26.3 Å². The molecule has 1 aromatic heterocycles. The molecule has 0 N–H and O–H groups in total. The predicted molar refractivity (Wildman–Crippen MR) is 108 cm³/mol. The number of nitrogens with zero attached hydrogens (tertiary/aromatic N) is 1. The smallest absolute Gasteiger partial charge is 0.290 e. The van der Waals surface area contributed by atoms with Crippen molar-refractivity contribution in [3.8, 4) is 0 Å². The van der Waals surface area contributed by atoms with Crippen molar-refractivity contribution < 1.29 is 13.9 Å². The van der Waals surface area contributed by atoms with E-state index in [2.05, 4.69) is 6.92 Å². The van der Waals surface area contributed by atoms with Gasteiger partial charge in [-0.3, -0.25) is 9.59 Å². The summed E-state index contributed by atoms with van der Waals surface area (Å²) in [6.45, 7) is 4.80. The molecule has 5 nitrogen and oxygen atoms in total. The molecule has 0 radical (unpaired) electrons. The summed E-state index contributed by atoms with van der Waals surface area (Å²) in [6, 6.07) is 13.0. The van der Waals surface area contributed by atoms with Crippen molar-refractivity contribution in [3.05, 3.63) is 80.7 Å². The summed E-state index contributed by atoms with van der Waals surface area (Å²) in [4.78, 5) is 28.2. The molecule has 3 aromatic rings. The summed E-state index contributed by atoms with van der Waals surface area (Å²) in [5, 5.41) is 0.510. The van der Waals surface area contributed by atoms with E-state index in [4.69, 9.17) is 9.15 Å². The van der Waals surface area contributed by atoms with Crippen LogP contribution in [0, 0.1) is 6.92 Å². The maximum absolute atomic E-state index is 13.4. The Bertz CT molecular complexity index is 1100. The predicted octanol–water partition coefficient (Wildman–Crippen LogP) is 3.86. The molecule has 5 heteroatoms. The fourth-order valence-corrected chi connectivity index (χ4v) is 3.84. The summed E-state index contributed by atoms with van der Waals surface area (Å²) >= 11 is 0. The van der Waals surface area contributed by atoms with Gasteiger partial charge in [0.2, 0.25) is 5.76 Å². The molecular formula is C23H23NO4. The summed E-state index contributed by atoms with van der Waals surface area (Å²) in [6.07, 6.45) is 0.930. The quantitative estimate of drug-likeness (QED) is 0.678. The van der Waals surface area contributed by atoms with Gasteiger partial charge in [0, 0.05) is 13.7 Å². The first-order chi connectivity index (χ1) is 13.5. The molecule has 1 aliphatic rings. The van der Waals surface area contributed by atoms with Crippen molar-refractivity contribution in [1.82, 2.24) is 4.90 Å². The first-order valence-corrected chi connectivity index (χ1v) is 9.51. The van der Waals surface area contributed by atoms with Gasteiger partial charge in [0.25, 0.3) is 5.91 Å². The number of fused-ring (bicyclic) bond motifs is 2. The second-order valence-electron chi connectivity index (χ2n) is 7.16. The van der Waals surface area contributed by atoms with Gasteiger partial charge in [-0.25, -0.2) is 0 Å². The Hall–Kier alpha value is -2.92. The van der Waals surface area contributed by atoms with Gasteiger partial charge in [0.1, 0.15) is 5.58 Å². The molecule has 1 amide bonds. The molecule has 0 saturated carbocycles. The summed E-state index contributed by atoms with van der Waals surface area (Å²) in [5.74, 6) is -0.127. The van der Waals surface area contributed by atoms with Crippen molar-refractivity contribution in [2.24, 2.45) is 0 Å². The number of carbonyl (C=O) groups is 1. The number of hydrogen-bond acceptors (Lipinski definition) is 4. The third kappa shape index (κ3) is 2.92. The van der Waals surface area contributed by atoms with Crippen LogP contribution in [0.15, 0.2) is 51.7 Å². The minimum absolute atomic E-state index is 0.141. The van der Waals surface area contributed by atoms with Crippen molar-refractivity contribution in [2.75, 3.05) is 20.3 Å². The Kier molecular flexibility index (Phi) is 4.77. The van der Waals surface area contributed by atoms with E-state index < -0.39 is 6.04 Å². The van der Waals surface area contributed by atoms with Crippen molar-refractivity contribution in [3.63, 3.8) is 0 Å². The van der Waals surface area contributed by atoms with E-state index in [9.17, 15) is 9.59 Å². The summed E-state index contributed by atoms with van der Waals surface area (Å²) < 4.78 is 11.1. The second-order valence-corrected chi connectivity index (χ2v) is 7.16. The van der Waals surface area contributed by atoms with E-state index in [1.165, 1.54) is 5.56 Å². The molecule has 2 heterocycles. The van der Waals surface area contributed by atoms with Gasteiger partial charge in [-0.15, -0.1) is 0 Å². The Morgan fingerprint density at radius 2 is 1.86 bits per heavy atom.